The molecule has 1 fully saturated rings. The quantitative estimate of drug-likeness (QED) is 0.820. The molecule has 1 aromatic rings. The van der Waals surface area contributed by atoms with E-state index in [1.165, 1.54) is 5.56 Å². The maximum Gasteiger partial charge on any atom is 0.329 e. The molecule has 20 heavy (non-hydrogen) atoms. The number of rotatable bonds is 7. The van der Waals surface area contributed by atoms with Crippen molar-refractivity contribution in [2.75, 3.05) is 26.8 Å². The Hall–Kier alpha value is -1.43. The molecule has 1 aliphatic heterocycles. The van der Waals surface area contributed by atoms with E-state index in [0.717, 1.165) is 25.2 Å². The number of carboxylic acid groups (broad SMARTS) is 1. The van der Waals surface area contributed by atoms with Gasteiger partial charge in [0.2, 0.25) is 0 Å². The van der Waals surface area contributed by atoms with Crippen molar-refractivity contribution in [2.45, 2.75) is 25.7 Å². The van der Waals surface area contributed by atoms with Crippen LogP contribution in [0.4, 0.5) is 0 Å². The van der Waals surface area contributed by atoms with Crippen LogP contribution in [-0.2, 0) is 27.4 Å². The van der Waals surface area contributed by atoms with Gasteiger partial charge in [0.05, 0.1) is 12.2 Å². The van der Waals surface area contributed by atoms with E-state index in [-0.39, 0.29) is 12.2 Å². The molecule has 0 amide bonds. The SMILES string of the molecule is COCc1ccc(CN2CC(C)(OCC(=O)O)C2)cc1. The molecule has 110 valence electrons. The maximum absolute atomic E-state index is 10.5. The zero-order valence-electron chi connectivity index (χ0n) is 12.0. The fraction of sp³-hybridized carbons (Fsp3) is 0.533. The van der Waals surface area contributed by atoms with Gasteiger partial charge in [0.15, 0.2) is 0 Å². The van der Waals surface area contributed by atoms with Crippen LogP contribution in [0.15, 0.2) is 24.3 Å². The van der Waals surface area contributed by atoms with Gasteiger partial charge in [-0.1, -0.05) is 24.3 Å². The second kappa shape index (κ2) is 6.35. The van der Waals surface area contributed by atoms with E-state index in [9.17, 15) is 4.79 Å². The average Bonchev–Trinajstić information content (AvgIpc) is 2.37. The molecule has 0 spiro atoms. The highest BCUT2D eigenvalue weighted by Gasteiger charge is 2.39. The van der Waals surface area contributed by atoms with E-state index in [2.05, 4.69) is 29.2 Å². The minimum atomic E-state index is -0.918. The van der Waals surface area contributed by atoms with Crippen LogP contribution in [0.25, 0.3) is 0 Å². The van der Waals surface area contributed by atoms with Gasteiger partial charge in [-0.2, -0.15) is 0 Å². The van der Waals surface area contributed by atoms with E-state index >= 15 is 0 Å². The molecule has 1 saturated heterocycles. The summed E-state index contributed by atoms with van der Waals surface area (Å²) >= 11 is 0. The van der Waals surface area contributed by atoms with Crippen molar-refractivity contribution >= 4 is 5.97 Å². The molecule has 0 unspecified atom stereocenters. The molecule has 0 saturated carbocycles. The Morgan fingerprint density at radius 1 is 1.30 bits per heavy atom. The monoisotopic (exact) mass is 279 g/mol. The summed E-state index contributed by atoms with van der Waals surface area (Å²) in [7, 11) is 1.69. The fourth-order valence-corrected chi connectivity index (χ4v) is 2.50. The minimum Gasteiger partial charge on any atom is -0.480 e. The number of hydrogen-bond acceptors (Lipinski definition) is 4. The first kappa shape index (κ1) is 15.0. The third-order valence-electron chi connectivity index (χ3n) is 3.40. The van der Waals surface area contributed by atoms with Crippen LogP contribution in [0.5, 0.6) is 0 Å². The van der Waals surface area contributed by atoms with Gasteiger partial charge >= 0.3 is 5.97 Å². The predicted molar refractivity (Wildman–Crippen MR) is 74.4 cm³/mol. The van der Waals surface area contributed by atoms with Crippen molar-refractivity contribution in [3.63, 3.8) is 0 Å². The summed E-state index contributed by atoms with van der Waals surface area (Å²) in [5, 5.41) is 8.62. The van der Waals surface area contributed by atoms with Crippen LogP contribution in [0.2, 0.25) is 0 Å². The summed E-state index contributed by atoms with van der Waals surface area (Å²) in [6, 6.07) is 8.34. The lowest BCUT2D eigenvalue weighted by atomic mass is 9.95. The van der Waals surface area contributed by atoms with E-state index in [1.54, 1.807) is 7.11 Å². The lowest BCUT2D eigenvalue weighted by Crippen LogP contribution is -2.61. The topological polar surface area (TPSA) is 59.0 Å². The number of carboxylic acids is 1. The fourth-order valence-electron chi connectivity index (χ4n) is 2.50. The molecule has 5 nitrogen and oxygen atoms in total. The van der Waals surface area contributed by atoms with Crippen LogP contribution < -0.4 is 0 Å². The van der Waals surface area contributed by atoms with Crippen LogP contribution in [-0.4, -0.2) is 48.4 Å². The Balaban J connectivity index is 1.77. The predicted octanol–water partition coefficient (Wildman–Crippen LogP) is 1.51. The van der Waals surface area contributed by atoms with Crippen LogP contribution in [0.3, 0.4) is 0 Å². The Kier molecular flexibility index (Phi) is 4.75. The molecule has 0 bridgehead atoms. The lowest BCUT2D eigenvalue weighted by Gasteiger charge is -2.47. The summed E-state index contributed by atoms with van der Waals surface area (Å²) < 4.78 is 10.5. The largest absolute Gasteiger partial charge is 0.480 e. The number of likely N-dealkylation sites (tertiary alicyclic amines) is 1. The van der Waals surface area contributed by atoms with E-state index in [0.29, 0.717) is 6.61 Å². The van der Waals surface area contributed by atoms with Gasteiger partial charge in [0.1, 0.15) is 6.61 Å². The van der Waals surface area contributed by atoms with Crippen molar-refractivity contribution in [3.05, 3.63) is 35.4 Å². The summed E-state index contributed by atoms with van der Waals surface area (Å²) in [5.74, 6) is -0.918. The standard InChI is InChI=1S/C15H21NO4/c1-15(20-9-14(17)18)10-16(11-15)7-12-3-5-13(6-4-12)8-19-2/h3-6H,7-11H2,1-2H3,(H,17,18). The number of aliphatic carboxylic acids is 1. The summed E-state index contributed by atoms with van der Waals surface area (Å²) in [4.78, 5) is 12.7. The second-order valence-electron chi connectivity index (χ2n) is 5.53. The zero-order valence-corrected chi connectivity index (χ0v) is 12.0. The highest BCUT2D eigenvalue weighted by atomic mass is 16.5. The van der Waals surface area contributed by atoms with Crippen LogP contribution in [0, 0.1) is 0 Å². The summed E-state index contributed by atoms with van der Waals surface area (Å²) in [6.07, 6.45) is 0. The van der Waals surface area contributed by atoms with Gasteiger partial charge in [-0.25, -0.2) is 4.79 Å². The van der Waals surface area contributed by atoms with Crippen LogP contribution >= 0.6 is 0 Å². The highest BCUT2D eigenvalue weighted by molar-refractivity contribution is 5.68. The molecule has 0 atom stereocenters. The maximum atomic E-state index is 10.5. The first-order valence-corrected chi connectivity index (χ1v) is 6.66. The summed E-state index contributed by atoms with van der Waals surface area (Å²) in [6.45, 7) is 4.74. The van der Waals surface area contributed by atoms with Gasteiger partial charge in [-0.05, 0) is 18.1 Å². The Bertz CT molecular complexity index is 451. The number of benzene rings is 1. The molecular formula is C15H21NO4. The van der Waals surface area contributed by atoms with Crippen molar-refractivity contribution in [3.8, 4) is 0 Å². The van der Waals surface area contributed by atoms with Gasteiger partial charge in [0.25, 0.3) is 0 Å². The Morgan fingerprint density at radius 3 is 2.45 bits per heavy atom. The van der Waals surface area contributed by atoms with Crippen LogP contribution in [0.1, 0.15) is 18.1 Å². The first-order valence-electron chi connectivity index (χ1n) is 6.66. The Labute approximate surface area is 119 Å². The number of methoxy groups -OCH3 is 1. The van der Waals surface area contributed by atoms with E-state index in [1.807, 2.05) is 6.92 Å². The van der Waals surface area contributed by atoms with Gasteiger partial charge in [-0.15, -0.1) is 0 Å². The average molecular weight is 279 g/mol. The molecule has 1 aromatic carbocycles. The molecule has 2 rings (SSSR count). The van der Waals surface area contributed by atoms with E-state index in [4.69, 9.17) is 14.6 Å². The molecular weight excluding hydrogens is 258 g/mol. The number of carbonyl (C=O) groups is 1. The van der Waals surface area contributed by atoms with Crippen molar-refractivity contribution in [2.24, 2.45) is 0 Å². The normalized spacial score (nSPS) is 17.7. The number of hydrogen-bond donors (Lipinski definition) is 1. The Morgan fingerprint density at radius 2 is 1.90 bits per heavy atom. The molecule has 0 aliphatic carbocycles. The molecule has 0 aromatic heterocycles. The van der Waals surface area contributed by atoms with Gasteiger partial charge < -0.3 is 14.6 Å². The first-order chi connectivity index (χ1) is 9.50. The van der Waals surface area contributed by atoms with Crippen molar-refractivity contribution in [1.29, 1.82) is 0 Å². The molecule has 1 N–H and O–H groups in total. The highest BCUT2D eigenvalue weighted by Crippen LogP contribution is 2.26. The molecule has 5 heteroatoms. The second-order valence-corrected chi connectivity index (χ2v) is 5.53. The molecule has 0 radical (unpaired) electrons. The summed E-state index contributed by atoms with van der Waals surface area (Å²) in [5.41, 5.74) is 2.08. The third kappa shape index (κ3) is 4.03. The number of ether oxygens (including phenoxy) is 2. The van der Waals surface area contributed by atoms with Crippen molar-refractivity contribution in [1.82, 2.24) is 4.90 Å². The molecule has 1 heterocycles. The van der Waals surface area contributed by atoms with Gasteiger partial charge in [0, 0.05) is 26.7 Å². The smallest absolute Gasteiger partial charge is 0.329 e. The molecule has 1 aliphatic rings. The zero-order chi connectivity index (χ0) is 14.6. The lowest BCUT2D eigenvalue weighted by molar-refractivity contribution is -0.165. The minimum absolute atomic E-state index is 0.226. The van der Waals surface area contributed by atoms with Crippen molar-refractivity contribution < 1.29 is 19.4 Å². The third-order valence-corrected chi connectivity index (χ3v) is 3.40. The van der Waals surface area contributed by atoms with E-state index < -0.39 is 5.97 Å². The van der Waals surface area contributed by atoms with Gasteiger partial charge in [-0.3, -0.25) is 4.90 Å². The number of nitrogens with zero attached hydrogens (tertiary/aromatic N) is 1.